The number of nitrogens with one attached hydrogen (secondary N) is 2. The minimum atomic E-state index is -0.429. The molecule has 0 radical (unpaired) electrons. The molecule has 1 amide bonds. The van der Waals surface area contributed by atoms with Crippen LogP contribution >= 0.6 is 0 Å². The molecule has 0 spiro atoms. The number of carbonyl (C=O) groups excluding carboxylic acids is 1. The Bertz CT molecular complexity index is 320. The Morgan fingerprint density at radius 2 is 2.27 bits per heavy atom. The maximum absolute atomic E-state index is 11.6. The number of hydrogen-bond acceptors (Lipinski definition) is 4. The molecular formula is C9H15N3O3. The van der Waals surface area contributed by atoms with Gasteiger partial charge in [-0.05, 0) is 6.92 Å². The number of ether oxygens (including phenoxy) is 2. The summed E-state index contributed by atoms with van der Waals surface area (Å²) in [7, 11) is 3.03. The molecule has 84 valence electrons. The Morgan fingerprint density at radius 3 is 2.73 bits per heavy atom. The molecule has 1 rings (SSSR count). The molecule has 6 nitrogen and oxygen atoms in total. The topological polar surface area (TPSA) is 76.2 Å². The van der Waals surface area contributed by atoms with E-state index >= 15 is 0 Å². The van der Waals surface area contributed by atoms with Gasteiger partial charge in [-0.3, -0.25) is 9.89 Å². The molecule has 1 heterocycles. The molecule has 0 aliphatic rings. The van der Waals surface area contributed by atoms with Gasteiger partial charge in [-0.25, -0.2) is 0 Å². The first-order valence-electron chi connectivity index (χ1n) is 4.52. The quantitative estimate of drug-likeness (QED) is 0.678. The number of H-pyrrole nitrogens is 1. The minimum Gasteiger partial charge on any atom is -0.354 e. The maximum Gasteiger partial charge on any atom is 0.254 e. The van der Waals surface area contributed by atoms with Gasteiger partial charge >= 0.3 is 0 Å². The van der Waals surface area contributed by atoms with E-state index in [-0.39, 0.29) is 5.91 Å². The van der Waals surface area contributed by atoms with Crippen LogP contribution < -0.4 is 5.32 Å². The highest BCUT2D eigenvalue weighted by Crippen LogP contribution is 2.01. The van der Waals surface area contributed by atoms with Crippen molar-refractivity contribution in [3.63, 3.8) is 0 Å². The lowest BCUT2D eigenvalue weighted by Gasteiger charge is -2.13. The molecule has 0 saturated carbocycles. The lowest BCUT2D eigenvalue weighted by Crippen LogP contribution is -2.34. The van der Waals surface area contributed by atoms with Crippen LogP contribution in [0.5, 0.6) is 0 Å². The molecule has 0 unspecified atom stereocenters. The highest BCUT2D eigenvalue weighted by atomic mass is 16.7. The van der Waals surface area contributed by atoms with Gasteiger partial charge in [0.1, 0.15) is 0 Å². The van der Waals surface area contributed by atoms with Gasteiger partial charge in [0.25, 0.3) is 5.91 Å². The predicted molar refractivity (Wildman–Crippen MR) is 53.5 cm³/mol. The van der Waals surface area contributed by atoms with E-state index in [0.29, 0.717) is 12.1 Å². The smallest absolute Gasteiger partial charge is 0.254 e. The number of aromatic nitrogens is 2. The third kappa shape index (κ3) is 3.03. The Labute approximate surface area is 88.0 Å². The monoisotopic (exact) mass is 213 g/mol. The van der Waals surface area contributed by atoms with Crippen LogP contribution in [0.1, 0.15) is 16.1 Å². The van der Waals surface area contributed by atoms with E-state index in [9.17, 15) is 4.79 Å². The summed E-state index contributed by atoms with van der Waals surface area (Å²) >= 11 is 0. The molecule has 1 aromatic heterocycles. The first-order chi connectivity index (χ1) is 7.19. The van der Waals surface area contributed by atoms with Crippen molar-refractivity contribution in [3.8, 4) is 0 Å². The van der Waals surface area contributed by atoms with Gasteiger partial charge in [0.15, 0.2) is 6.29 Å². The summed E-state index contributed by atoms with van der Waals surface area (Å²) in [5.41, 5.74) is 1.26. The van der Waals surface area contributed by atoms with Gasteiger partial charge < -0.3 is 14.8 Å². The van der Waals surface area contributed by atoms with Gasteiger partial charge in [0.05, 0.1) is 18.3 Å². The number of aromatic amines is 1. The summed E-state index contributed by atoms with van der Waals surface area (Å²) in [6, 6.07) is 0. The first-order valence-corrected chi connectivity index (χ1v) is 4.52. The normalized spacial score (nSPS) is 10.7. The third-order valence-corrected chi connectivity index (χ3v) is 2.03. The van der Waals surface area contributed by atoms with Crippen molar-refractivity contribution >= 4 is 5.91 Å². The van der Waals surface area contributed by atoms with Crippen molar-refractivity contribution in [1.82, 2.24) is 15.5 Å². The van der Waals surface area contributed by atoms with Crippen molar-refractivity contribution in [2.45, 2.75) is 13.2 Å². The number of carbonyl (C=O) groups is 1. The van der Waals surface area contributed by atoms with Crippen LogP contribution in [0.4, 0.5) is 0 Å². The molecular weight excluding hydrogens is 198 g/mol. The predicted octanol–water partition coefficient (Wildman–Crippen LogP) is 0.0668. The zero-order chi connectivity index (χ0) is 11.3. The van der Waals surface area contributed by atoms with Crippen LogP contribution in [0, 0.1) is 6.92 Å². The average molecular weight is 213 g/mol. The fourth-order valence-electron chi connectivity index (χ4n) is 1.11. The second-order valence-corrected chi connectivity index (χ2v) is 3.02. The zero-order valence-electron chi connectivity index (χ0n) is 9.03. The van der Waals surface area contributed by atoms with E-state index in [4.69, 9.17) is 9.47 Å². The van der Waals surface area contributed by atoms with Crippen LogP contribution in [0.3, 0.4) is 0 Å². The fourth-order valence-corrected chi connectivity index (χ4v) is 1.11. The number of methoxy groups -OCH3 is 2. The lowest BCUT2D eigenvalue weighted by molar-refractivity contribution is -0.0974. The second-order valence-electron chi connectivity index (χ2n) is 3.02. The summed E-state index contributed by atoms with van der Waals surface area (Å²) in [5, 5.41) is 9.13. The second kappa shape index (κ2) is 5.47. The van der Waals surface area contributed by atoms with Crippen LogP contribution in [0.2, 0.25) is 0 Å². The lowest BCUT2D eigenvalue weighted by atomic mass is 10.2. The Balaban J connectivity index is 2.47. The van der Waals surface area contributed by atoms with Crippen molar-refractivity contribution in [2.24, 2.45) is 0 Å². The van der Waals surface area contributed by atoms with E-state index in [0.717, 1.165) is 5.69 Å². The summed E-state index contributed by atoms with van der Waals surface area (Å²) in [6.45, 7) is 2.09. The Kier molecular flexibility index (Phi) is 4.26. The van der Waals surface area contributed by atoms with Crippen molar-refractivity contribution in [3.05, 3.63) is 17.5 Å². The molecule has 0 fully saturated rings. The van der Waals surface area contributed by atoms with Gasteiger partial charge in [0.2, 0.25) is 0 Å². The summed E-state index contributed by atoms with van der Waals surface area (Å²) in [4.78, 5) is 11.6. The number of amides is 1. The van der Waals surface area contributed by atoms with Crippen LogP contribution in [-0.2, 0) is 9.47 Å². The molecule has 6 heteroatoms. The summed E-state index contributed by atoms with van der Waals surface area (Å²) < 4.78 is 9.87. The molecule has 0 atom stereocenters. The third-order valence-electron chi connectivity index (χ3n) is 2.03. The van der Waals surface area contributed by atoms with Gasteiger partial charge in [-0.2, -0.15) is 5.10 Å². The molecule has 0 saturated heterocycles. The Morgan fingerprint density at radius 1 is 1.60 bits per heavy atom. The number of aryl methyl sites for hydroxylation is 1. The molecule has 0 bridgehead atoms. The largest absolute Gasteiger partial charge is 0.354 e. The van der Waals surface area contributed by atoms with E-state index in [1.807, 2.05) is 0 Å². The maximum atomic E-state index is 11.6. The molecule has 2 N–H and O–H groups in total. The molecule has 0 aliphatic heterocycles. The molecule has 15 heavy (non-hydrogen) atoms. The van der Waals surface area contributed by atoms with Crippen LogP contribution in [0.15, 0.2) is 6.20 Å². The standard InChI is InChI=1S/C9H15N3O3/c1-6-7(4-11-12-6)9(13)10-5-8(14-2)15-3/h4,8H,5H2,1-3H3,(H,10,13)(H,11,12). The zero-order valence-corrected chi connectivity index (χ0v) is 9.03. The van der Waals surface area contributed by atoms with Crippen LogP contribution in [-0.4, -0.2) is 43.2 Å². The number of rotatable bonds is 5. The van der Waals surface area contributed by atoms with E-state index in [1.54, 1.807) is 6.92 Å². The molecule has 0 aliphatic carbocycles. The fraction of sp³-hybridized carbons (Fsp3) is 0.556. The average Bonchev–Trinajstić information content (AvgIpc) is 2.66. The minimum absolute atomic E-state index is 0.194. The van der Waals surface area contributed by atoms with Crippen molar-refractivity contribution in [2.75, 3.05) is 20.8 Å². The van der Waals surface area contributed by atoms with E-state index in [1.165, 1.54) is 20.4 Å². The number of hydrogen-bond donors (Lipinski definition) is 2. The molecule has 1 aromatic rings. The Hall–Kier alpha value is -1.40. The van der Waals surface area contributed by atoms with E-state index in [2.05, 4.69) is 15.5 Å². The number of nitrogens with zero attached hydrogens (tertiary/aromatic N) is 1. The highest BCUT2D eigenvalue weighted by Gasteiger charge is 2.12. The summed E-state index contributed by atoms with van der Waals surface area (Å²) in [6.07, 6.45) is 1.06. The van der Waals surface area contributed by atoms with Gasteiger partial charge in [0, 0.05) is 19.9 Å². The molecule has 0 aromatic carbocycles. The van der Waals surface area contributed by atoms with Crippen molar-refractivity contribution < 1.29 is 14.3 Å². The van der Waals surface area contributed by atoms with Gasteiger partial charge in [-0.1, -0.05) is 0 Å². The van der Waals surface area contributed by atoms with Crippen molar-refractivity contribution in [1.29, 1.82) is 0 Å². The van der Waals surface area contributed by atoms with Crippen LogP contribution in [0.25, 0.3) is 0 Å². The first kappa shape index (κ1) is 11.7. The van der Waals surface area contributed by atoms with E-state index < -0.39 is 6.29 Å². The SMILES string of the molecule is COC(CNC(=O)c1cn[nH]c1C)OC. The highest BCUT2D eigenvalue weighted by molar-refractivity contribution is 5.94. The summed E-state index contributed by atoms with van der Waals surface area (Å²) in [5.74, 6) is -0.194. The van der Waals surface area contributed by atoms with Gasteiger partial charge in [-0.15, -0.1) is 0 Å².